The number of hydrogen-bond acceptors (Lipinski definition) is 3. The highest BCUT2D eigenvalue weighted by atomic mass is 19.4. The molecule has 0 aromatic carbocycles. The number of piperazine rings is 1. The predicted molar refractivity (Wildman–Crippen MR) is 56.0 cm³/mol. The lowest BCUT2D eigenvalue weighted by Gasteiger charge is -2.40. The third kappa shape index (κ3) is 2.78. The Morgan fingerprint density at radius 1 is 1.44 bits per heavy atom. The maximum absolute atomic E-state index is 12.8. The zero-order valence-corrected chi connectivity index (χ0v) is 9.46. The van der Waals surface area contributed by atoms with Crippen LogP contribution in [0.1, 0.15) is 13.3 Å². The van der Waals surface area contributed by atoms with Crippen molar-refractivity contribution in [3.05, 3.63) is 0 Å². The van der Waals surface area contributed by atoms with Crippen LogP contribution in [0.5, 0.6) is 0 Å². The first-order valence-electron chi connectivity index (χ1n) is 5.18. The van der Waals surface area contributed by atoms with Gasteiger partial charge in [0.2, 0.25) is 0 Å². The van der Waals surface area contributed by atoms with Crippen LogP contribution in [0, 0.1) is 0 Å². The van der Waals surface area contributed by atoms with Gasteiger partial charge in [-0.05, 0) is 13.5 Å². The van der Waals surface area contributed by atoms with Crippen LogP contribution in [0.4, 0.5) is 13.2 Å². The molecule has 1 aliphatic heterocycles. The second-order valence-electron chi connectivity index (χ2n) is 3.94. The molecule has 0 bridgehead atoms. The topological polar surface area (TPSA) is 44.9 Å². The van der Waals surface area contributed by atoms with E-state index in [1.807, 2.05) is 11.9 Å². The average molecular weight is 238 g/mol. The summed E-state index contributed by atoms with van der Waals surface area (Å²) in [5.41, 5.74) is 0. The quantitative estimate of drug-likeness (QED) is 0.573. The van der Waals surface area contributed by atoms with Crippen molar-refractivity contribution in [1.29, 1.82) is 0 Å². The Bertz CT molecular complexity index is 264. The van der Waals surface area contributed by atoms with Crippen molar-refractivity contribution in [2.24, 2.45) is 10.9 Å². The molecule has 0 saturated carbocycles. The maximum atomic E-state index is 12.8. The largest absolute Gasteiger partial charge is 0.408 e. The number of amidine groups is 1. The summed E-state index contributed by atoms with van der Waals surface area (Å²) >= 11 is 0. The zero-order valence-electron chi connectivity index (χ0n) is 9.46. The molecule has 1 atom stereocenters. The molecule has 94 valence electrons. The molecular weight excluding hydrogens is 221 g/mol. The Balaban J connectivity index is 2.84. The van der Waals surface area contributed by atoms with E-state index in [4.69, 9.17) is 5.84 Å². The molecule has 0 spiro atoms. The maximum Gasteiger partial charge on any atom is 0.408 e. The lowest BCUT2D eigenvalue weighted by Crippen LogP contribution is -2.57. The third-order valence-electron chi connectivity index (χ3n) is 2.76. The minimum atomic E-state index is -4.24. The minimum absolute atomic E-state index is 0.00618. The first kappa shape index (κ1) is 13.1. The van der Waals surface area contributed by atoms with E-state index < -0.39 is 12.2 Å². The van der Waals surface area contributed by atoms with Crippen molar-refractivity contribution in [3.63, 3.8) is 0 Å². The molecule has 1 saturated heterocycles. The van der Waals surface area contributed by atoms with Crippen molar-refractivity contribution < 1.29 is 13.2 Å². The van der Waals surface area contributed by atoms with Crippen molar-refractivity contribution in [2.45, 2.75) is 25.6 Å². The lowest BCUT2D eigenvalue weighted by molar-refractivity contribution is -0.175. The molecular formula is C9H17F3N4. The highest BCUT2D eigenvalue weighted by Crippen LogP contribution is 2.28. The Labute approximate surface area is 92.9 Å². The van der Waals surface area contributed by atoms with Crippen molar-refractivity contribution in [3.8, 4) is 0 Å². The van der Waals surface area contributed by atoms with E-state index in [9.17, 15) is 13.2 Å². The zero-order chi connectivity index (χ0) is 12.3. The number of hydrazone groups is 1. The fourth-order valence-electron chi connectivity index (χ4n) is 1.90. The average Bonchev–Trinajstić information content (AvgIpc) is 2.19. The second kappa shape index (κ2) is 4.90. The summed E-state index contributed by atoms with van der Waals surface area (Å²) in [5.74, 6) is 5.45. The Kier molecular flexibility index (Phi) is 4.01. The van der Waals surface area contributed by atoms with E-state index in [0.29, 0.717) is 25.5 Å². The molecule has 0 aliphatic carbocycles. The minimum Gasteiger partial charge on any atom is -0.344 e. The van der Waals surface area contributed by atoms with Gasteiger partial charge in [0.15, 0.2) is 0 Å². The summed E-state index contributed by atoms with van der Waals surface area (Å²) in [4.78, 5) is 3.16. The fraction of sp³-hybridized carbons (Fsp3) is 0.889. The molecule has 0 aromatic rings. The van der Waals surface area contributed by atoms with E-state index in [1.165, 1.54) is 11.8 Å². The van der Waals surface area contributed by atoms with Crippen LogP contribution in [-0.2, 0) is 0 Å². The van der Waals surface area contributed by atoms with Crippen LogP contribution in [0.25, 0.3) is 0 Å². The van der Waals surface area contributed by atoms with Gasteiger partial charge in [-0.25, -0.2) is 0 Å². The van der Waals surface area contributed by atoms with Crippen LogP contribution in [-0.4, -0.2) is 54.5 Å². The number of rotatable bonds is 2. The van der Waals surface area contributed by atoms with Crippen molar-refractivity contribution >= 4 is 5.84 Å². The third-order valence-corrected chi connectivity index (χ3v) is 2.76. The van der Waals surface area contributed by atoms with Gasteiger partial charge in [0.05, 0.1) is 6.54 Å². The SMILES string of the molecule is CCC(N1CCN(C)C/C1=N/N)C(F)(F)F. The van der Waals surface area contributed by atoms with Crippen LogP contribution in [0.15, 0.2) is 5.10 Å². The van der Waals surface area contributed by atoms with Crippen LogP contribution in [0.2, 0.25) is 0 Å². The molecule has 0 aromatic heterocycles. The van der Waals surface area contributed by atoms with E-state index >= 15 is 0 Å². The Morgan fingerprint density at radius 2 is 2.06 bits per heavy atom. The van der Waals surface area contributed by atoms with Gasteiger partial charge >= 0.3 is 6.18 Å². The van der Waals surface area contributed by atoms with Gasteiger partial charge in [0.25, 0.3) is 0 Å². The van der Waals surface area contributed by atoms with Crippen molar-refractivity contribution in [1.82, 2.24) is 9.80 Å². The van der Waals surface area contributed by atoms with E-state index in [2.05, 4.69) is 5.10 Å². The van der Waals surface area contributed by atoms with E-state index in [0.717, 1.165) is 0 Å². The van der Waals surface area contributed by atoms with Gasteiger partial charge in [-0.2, -0.15) is 18.3 Å². The molecule has 0 amide bonds. The summed E-state index contributed by atoms with van der Waals surface area (Å²) < 4.78 is 38.3. The molecule has 1 rings (SSSR count). The highest BCUT2D eigenvalue weighted by Gasteiger charge is 2.44. The molecule has 1 heterocycles. The number of nitrogens with zero attached hydrogens (tertiary/aromatic N) is 3. The monoisotopic (exact) mass is 238 g/mol. The molecule has 4 nitrogen and oxygen atoms in total. The van der Waals surface area contributed by atoms with Gasteiger partial charge in [0.1, 0.15) is 11.9 Å². The number of hydrogen-bond donors (Lipinski definition) is 1. The number of nitrogens with two attached hydrogens (primary N) is 1. The summed E-state index contributed by atoms with van der Waals surface area (Å²) in [7, 11) is 1.83. The summed E-state index contributed by atoms with van der Waals surface area (Å²) in [5, 5.41) is 3.46. The predicted octanol–water partition coefficient (Wildman–Crippen LogP) is 0.847. The molecule has 7 heteroatoms. The number of halogens is 3. The standard InChI is InChI=1S/C9H17F3N4/c1-3-7(9(10,11)12)16-5-4-15(2)6-8(16)14-13/h7H,3-6,13H2,1-2H3/b14-8-. The molecule has 1 aliphatic rings. The summed E-state index contributed by atoms with van der Waals surface area (Å²) in [6, 6.07) is -1.48. The second-order valence-corrected chi connectivity index (χ2v) is 3.94. The summed E-state index contributed by atoms with van der Waals surface area (Å²) in [6.45, 7) is 2.78. The molecule has 1 unspecified atom stereocenters. The molecule has 16 heavy (non-hydrogen) atoms. The fourth-order valence-corrected chi connectivity index (χ4v) is 1.90. The number of likely N-dealkylation sites (N-methyl/N-ethyl adjacent to an activating group) is 1. The van der Waals surface area contributed by atoms with Crippen LogP contribution in [0.3, 0.4) is 0 Å². The van der Waals surface area contributed by atoms with Gasteiger partial charge in [-0.15, -0.1) is 0 Å². The van der Waals surface area contributed by atoms with Crippen molar-refractivity contribution in [2.75, 3.05) is 26.7 Å². The van der Waals surface area contributed by atoms with E-state index in [-0.39, 0.29) is 6.42 Å². The first-order valence-corrected chi connectivity index (χ1v) is 5.18. The first-order chi connectivity index (χ1) is 7.40. The van der Waals surface area contributed by atoms with Gasteiger partial charge in [0, 0.05) is 13.1 Å². The molecule has 0 radical (unpaired) electrons. The van der Waals surface area contributed by atoms with Gasteiger partial charge < -0.3 is 10.7 Å². The van der Waals surface area contributed by atoms with Crippen LogP contribution >= 0.6 is 0 Å². The van der Waals surface area contributed by atoms with Crippen LogP contribution < -0.4 is 5.84 Å². The van der Waals surface area contributed by atoms with Gasteiger partial charge in [-0.1, -0.05) is 6.92 Å². The highest BCUT2D eigenvalue weighted by molar-refractivity contribution is 5.85. The molecule has 1 fully saturated rings. The Hall–Kier alpha value is -0.980. The Morgan fingerprint density at radius 3 is 2.50 bits per heavy atom. The number of alkyl halides is 3. The van der Waals surface area contributed by atoms with E-state index in [1.54, 1.807) is 0 Å². The summed E-state index contributed by atoms with van der Waals surface area (Å²) in [6.07, 6.45) is -4.23. The molecule has 2 N–H and O–H groups in total. The lowest BCUT2D eigenvalue weighted by atomic mass is 10.1. The smallest absolute Gasteiger partial charge is 0.344 e. The normalized spacial score (nSPS) is 23.8. The van der Waals surface area contributed by atoms with Gasteiger partial charge in [-0.3, -0.25) is 4.90 Å².